The molecule has 0 aromatic heterocycles. The molecule has 1 aliphatic rings. The molecule has 10 heteroatoms. The molecule has 1 aromatic carbocycles. The summed E-state index contributed by atoms with van der Waals surface area (Å²) in [6.45, 7) is 6.43. The normalized spacial score (nSPS) is 20.1. The third-order valence-electron chi connectivity index (χ3n) is 4.58. The van der Waals surface area contributed by atoms with E-state index >= 15 is 0 Å². The first-order chi connectivity index (χ1) is 14.1. The van der Waals surface area contributed by atoms with Gasteiger partial charge in [0.2, 0.25) is 5.79 Å². The summed E-state index contributed by atoms with van der Waals surface area (Å²) in [6, 6.07) is 3.77. The number of non-ortho nitro benzene ring substituents is 1. The number of nitro benzene ring substituents is 1. The van der Waals surface area contributed by atoms with Gasteiger partial charge in [-0.25, -0.2) is 9.59 Å². The van der Waals surface area contributed by atoms with Gasteiger partial charge in [-0.1, -0.05) is 0 Å². The van der Waals surface area contributed by atoms with Gasteiger partial charge in [-0.3, -0.25) is 10.1 Å². The second-order valence-electron chi connectivity index (χ2n) is 6.77. The second kappa shape index (κ2) is 8.80. The molecule has 164 valence electrons. The maximum absolute atomic E-state index is 13.0. The van der Waals surface area contributed by atoms with Crippen LogP contribution in [0.4, 0.5) is 5.69 Å². The number of benzene rings is 1. The number of hydrogen-bond acceptors (Lipinski definition) is 9. The first kappa shape index (κ1) is 23.3. The number of esters is 2. The van der Waals surface area contributed by atoms with Gasteiger partial charge in [-0.2, -0.15) is 0 Å². The van der Waals surface area contributed by atoms with E-state index in [0.29, 0.717) is 0 Å². The second-order valence-corrected chi connectivity index (χ2v) is 6.77. The molecule has 0 aliphatic carbocycles. The Balaban J connectivity index is 2.92. The van der Waals surface area contributed by atoms with E-state index in [1.807, 2.05) is 0 Å². The highest BCUT2D eigenvalue weighted by Crippen LogP contribution is 2.52. The lowest BCUT2D eigenvalue weighted by molar-refractivity contribution is -0.385. The van der Waals surface area contributed by atoms with Crippen LogP contribution in [-0.4, -0.2) is 49.9 Å². The van der Waals surface area contributed by atoms with Gasteiger partial charge in [0.1, 0.15) is 11.3 Å². The SMILES string of the molecule is CCOC(=O)C1=C(C(=O)OCC)C(OC)(c2cc([N+](=O)[O-])ccc2OC)OC1(C)C. The highest BCUT2D eigenvalue weighted by molar-refractivity contribution is 6.04. The Labute approximate surface area is 173 Å². The molecule has 0 N–H and O–H groups in total. The predicted octanol–water partition coefficient (Wildman–Crippen LogP) is 2.63. The molecule has 30 heavy (non-hydrogen) atoms. The Morgan fingerprint density at radius 1 is 1.07 bits per heavy atom. The van der Waals surface area contributed by atoms with Crippen LogP contribution in [0.15, 0.2) is 29.3 Å². The molecule has 1 aliphatic heterocycles. The summed E-state index contributed by atoms with van der Waals surface area (Å²) in [5.41, 5.74) is -1.94. The van der Waals surface area contributed by atoms with E-state index in [2.05, 4.69) is 0 Å². The molecule has 0 saturated carbocycles. The fourth-order valence-corrected chi connectivity index (χ4v) is 3.43. The van der Waals surface area contributed by atoms with Crippen LogP contribution in [0, 0.1) is 10.1 Å². The number of carbonyl (C=O) groups is 2. The zero-order valence-corrected chi connectivity index (χ0v) is 17.8. The van der Waals surface area contributed by atoms with Gasteiger partial charge in [0.15, 0.2) is 0 Å². The number of rotatable bonds is 8. The Hall–Kier alpha value is -2.98. The lowest BCUT2D eigenvalue weighted by Gasteiger charge is -2.33. The Kier molecular flexibility index (Phi) is 6.84. The molecule has 0 spiro atoms. The lowest BCUT2D eigenvalue weighted by Crippen LogP contribution is -2.38. The summed E-state index contributed by atoms with van der Waals surface area (Å²) < 4.78 is 27.4. The van der Waals surface area contributed by atoms with E-state index in [0.717, 1.165) is 0 Å². The molecular weight excluding hydrogens is 398 g/mol. The molecule has 1 heterocycles. The van der Waals surface area contributed by atoms with E-state index in [4.69, 9.17) is 23.7 Å². The van der Waals surface area contributed by atoms with Crippen LogP contribution in [0.25, 0.3) is 0 Å². The molecule has 0 radical (unpaired) electrons. The first-order valence-electron chi connectivity index (χ1n) is 9.27. The molecular formula is C20H25NO9. The van der Waals surface area contributed by atoms with E-state index < -0.39 is 28.3 Å². The maximum Gasteiger partial charge on any atom is 0.340 e. The molecule has 0 fully saturated rings. The van der Waals surface area contributed by atoms with Crippen molar-refractivity contribution in [2.24, 2.45) is 0 Å². The van der Waals surface area contributed by atoms with Crippen molar-refractivity contribution >= 4 is 17.6 Å². The number of nitrogens with zero attached hydrogens (tertiary/aromatic N) is 1. The summed E-state index contributed by atoms with van der Waals surface area (Å²) in [5.74, 6) is -3.50. The highest BCUT2D eigenvalue weighted by Gasteiger charge is 2.59. The Morgan fingerprint density at radius 2 is 1.63 bits per heavy atom. The van der Waals surface area contributed by atoms with Crippen molar-refractivity contribution in [3.63, 3.8) is 0 Å². The molecule has 0 amide bonds. The largest absolute Gasteiger partial charge is 0.496 e. The van der Waals surface area contributed by atoms with Gasteiger partial charge >= 0.3 is 11.9 Å². The Bertz CT molecular complexity index is 890. The molecule has 1 aromatic rings. The quantitative estimate of drug-likeness (QED) is 0.352. The fourth-order valence-electron chi connectivity index (χ4n) is 3.43. The Morgan fingerprint density at radius 3 is 2.10 bits per heavy atom. The van der Waals surface area contributed by atoms with Crippen LogP contribution < -0.4 is 4.74 Å². The van der Waals surface area contributed by atoms with Gasteiger partial charge in [-0.15, -0.1) is 0 Å². The van der Waals surface area contributed by atoms with Crippen LogP contribution in [0.2, 0.25) is 0 Å². The number of ether oxygens (including phenoxy) is 5. The molecule has 10 nitrogen and oxygen atoms in total. The fraction of sp³-hybridized carbons (Fsp3) is 0.500. The van der Waals surface area contributed by atoms with E-state index in [1.165, 1.54) is 32.4 Å². The van der Waals surface area contributed by atoms with E-state index in [-0.39, 0.29) is 41.4 Å². The predicted molar refractivity (Wildman–Crippen MR) is 104 cm³/mol. The van der Waals surface area contributed by atoms with Gasteiger partial charge in [0.25, 0.3) is 5.69 Å². The van der Waals surface area contributed by atoms with Crippen LogP contribution in [0.1, 0.15) is 33.3 Å². The minimum Gasteiger partial charge on any atom is -0.496 e. The zero-order valence-electron chi connectivity index (χ0n) is 17.8. The van der Waals surface area contributed by atoms with Crippen LogP contribution in [-0.2, 0) is 34.3 Å². The van der Waals surface area contributed by atoms with Crippen LogP contribution in [0.5, 0.6) is 5.75 Å². The van der Waals surface area contributed by atoms with Gasteiger partial charge < -0.3 is 23.7 Å². The van der Waals surface area contributed by atoms with Crippen molar-refractivity contribution in [3.05, 3.63) is 45.0 Å². The van der Waals surface area contributed by atoms with Gasteiger partial charge in [0, 0.05) is 19.2 Å². The molecule has 2 rings (SSSR count). The van der Waals surface area contributed by atoms with Crippen LogP contribution >= 0.6 is 0 Å². The molecule has 1 atom stereocenters. The topological polar surface area (TPSA) is 123 Å². The summed E-state index contributed by atoms with van der Waals surface area (Å²) in [7, 11) is 2.61. The van der Waals surface area contributed by atoms with Gasteiger partial charge in [-0.05, 0) is 33.8 Å². The first-order valence-corrected chi connectivity index (χ1v) is 9.27. The van der Waals surface area contributed by atoms with Crippen molar-refractivity contribution in [2.45, 2.75) is 39.1 Å². The molecule has 0 saturated heterocycles. The third-order valence-corrected chi connectivity index (χ3v) is 4.58. The minimum atomic E-state index is -2.00. The van der Waals surface area contributed by atoms with Crippen molar-refractivity contribution in [1.82, 2.24) is 0 Å². The number of hydrogen-bond donors (Lipinski definition) is 0. The summed E-state index contributed by atoms with van der Waals surface area (Å²) in [5, 5.41) is 11.4. The molecule has 1 unspecified atom stereocenters. The summed E-state index contributed by atoms with van der Waals surface area (Å²) in [4.78, 5) is 36.5. The minimum absolute atomic E-state index is 0.0186. The average molecular weight is 423 g/mol. The molecule has 0 bridgehead atoms. The van der Waals surface area contributed by atoms with Crippen molar-refractivity contribution < 1.29 is 38.2 Å². The van der Waals surface area contributed by atoms with Crippen LogP contribution in [0.3, 0.4) is 0 Å². The zero-order chi connectivity index (χ0) is 22.7. The van der Waals surface area contributed by atoms with E-state index in [1.54, 1.807) is 27.7 Å². The van der Waals surface area contributed by atoms with Gasteiger partial charge in [0.05, 0.1) is 42.0 Å². The third kappa shape index (κ3) is 3.88. The van der Waals surface area contributed by atoms with Crippen molar-refractivity contribution in [1.29, 1.82) is 0 Å². The lowest BCUT2D eigenvalue weighted by atomic mass is 9.90. The number of nitro groups is 1. The van der Waals surface area contributed by atoms with Crippen molar-refractivity contribution in [3.8, 4) is 5.75 Å². The number of methoxy groups -OCH3 is 2. The highest BCUT2D eigenvalue weighted by atomic mass is 16.7. The smallest absolute Gasteiger partial charge is 0.340 e. The number of carbonyl (C=O) groups excluding carboxylic acids is 2. The monoisotopic (exact) mass is 423 g/mol. The standard InChI is InChI=1S/C20H25NO9/c1-7-28-17(22)15-16(18(23)29-8-2)20(27-6,30-19(15,3)4)13-11-12(21(24)25)9-10-14(13)26-5/h9-11H,7-8H2,1-6H3. The maximum atomic E-state index is 13.0. The summed E-state index contributed by atoms with van der Waals surface area (Å²) in [6.07, 6.45) is 0. The van der Waals surface area contributed by atoms with E-state index in [9.17, 15) is 19.7 Å². The average Bonchev–Trinajstić information content (AvgIpc) is 2.95. The summed E-state index contributed by atoms with van der Waals surface area (Å²) >= 11 is 0. The van der Waals surface area contributed by atoms with Crippen molar-refractivity contribution in [2.75, 3.05) is 27.4 Å².